The van der Waals surface area contributed by atoms with Crippen molar-refractivity contribution in [2.75, 3.05) is 6.61 Å². The Morgan fingerprint density at radius 3 is 2.48 bits per heavy atom. The van der Waals surface area contributed by atoms with E-state index in [0.717, 1.165) is 0 Å². The Hall–Kier alpha value is -0.730. The van der Waals surface area contributed by atoms with Gasteiger partial charge in [-0.25, -0.2) is 0 Å². The van der Waals surface area contributed by atoms with Crippen LogP contribution in [0, 0.1) is 5.41 Å². The standard InChI is InChI=1S/C14H24O7/c1-13(2,3)12(17)19-9-8(7(16)6-15)18-11-10(9)20-14(4,5)21-11/h7-11,15-16H,6H2,1-5H3/t7-,8-,9+,10-,11-/m1/s1. The third-order valence-electron chi connectivity index (χ3n) is 3.45. The number of fused-ring (bicyclic) bond motifs is 1. The predicted molar refractivity (Wildman–Crippen MR) is 71.1 cm³/mol. The summed E-state index contributed by atoms with van der Waals surface area (Å²) in [6, 6.07) is 0. The third-order valence-corrected chi connectivity index (χ3v) is 3.45. The van der Waals surface area contributed by atoms with Crippen LogP contribution in [0.15, 0.2) is 0 Å². The maximum atomic E-state index is 12.1. The largest absolute Gasteiger partial charge is 0.456 e. The van der Waals surface area contributed by atoms with Gasteiger partial charge in [-0.3, -0.25) is 4.79 Å². The number of hydrogen-bond donors (Lipinski definition) is 2. The molecule has 0 radical (unpaired) electrons. The lowest BCUT2D eigenvalue weighted by atomic mass is 9.97. The Morgan fingerprint density at radius 2 is 1.95 bits per heavy atom. The second-order valence-corrected chi connectivity index (χ2v) is 6.94. The molecule has 0 unspecified atom stereocenters. The van der Waals surface area contributed by atoms with Gasteiger partial charge in [-0.1, -0.05) is 0 Å². The van der Waals surface area contributed by atoms with Crippen molar-refractivity contribution in [2.24, 2.45) is 5.41 Å². The Kier molecular flexibility index (Phi) is 4.34. The molecule has 0 bridgehead atoms. The number of carbonyl (C=O) groups excluding carboxylic acids is 1. The highest BCUT2D eigenvalue weighted by atomic mass is 16.8. The van der Waals surface area contributed by atoms with E-state index >= 15 is 0 Å². The van der Waals surface area contributed by atoms with Crippen LogP contribution in [0.25, 0.3) is 0 Å². The second kappa shape index (κ2) is 5.48. The van der Waals surface area contributed by atoms with Crippen molar-refractivity contribution in [1.29, 1.82) is 0 Å². The van der Waals surface area contributed by atoms with Crippen LogP contribution in [-0.2, 0) is 23.7 Å². The number of rotatable bonds is 3. The van der Waals surface area contributed by atoms with E-state index in [9.17, 15) is 9.90 Å². The molecule has 0 spiro atoms. The molecule has 2 fully saturated rings. The average Bonchev–Trinajstić information content (AvgIpc) is 2.80. The number of hydrogen-bond acceptors (Lipinski definition) is 7. The van der Waals surface area contributed by atoms with E-state index in [1.54, 1.807) is 34.6 Å². The molecule has 7 heteroatoms. The van der Waals surface area contributed by atoms with E-state index in [0.29, 0.717) is 0 Å². The first-order chi connectivity index (χ1) is 9.55. The summed E-state index contributed by atoms with van der Waals surface area (Å²) in [6.07, 6.45) is -4.25. The fourth-order valence-electron chi connectivity index (χ4n) is 2.35. The van der Waals surface area contributed by atoms with Gasteiger partial charge >= 0.3 is 5.97 Å². The quantitative estimate of drug-likeness (QED) is 0.718. The van der Waals surface area contributed by atoms with Crippen molar-refractivity contribution in [3.8, 4) is 0 Å². The smallest absolute Gasteiger partial charge is 0.311 e. The first kappa shape index (κ1) is 16.6. The molecule has 0 aromatic rings. The zero-order valence-corrected chi connectivity index (χ0v) is 13.0. The highest BCUT2D eigenvalue weighted by molar-refractivity contribution is 5.75. The third kappa shape index (κ3) is 3.37. The number of aliphatic hydroxyl groups excluding tert-OH is 2. The molecule has 2 N–H and O–H groups in total. The van der Waals surface area contributed by atoms with Gasteiger partial charge in [0, 0.05) is 0 Å². The molecule has 7 nitrogen and oxygen atoms in total. The van der Waals surface area contributed by atoms with Crippen molar-refractivity contribution < 1.29 is 34.0 Å². The molecule has 2 aliphatic heterocycles. The average molecular weight is 304 g/mol. The zero-order chi connectivity index (χ0) is 16.0. The summed E-state index contributed by atoms with van der Waals surface area (Å²) < 4.78 is 22.3. The molecular formula is C14H24O7. The lowest BCUT2D eigenvalue weighted by molar-refractivity contribution is -0.232. The molecule has 5 atom stereocenters. The summed E-state index contributed by atoms with van der Waals surface area (Å²) in [5, 5.41) is 19.0. The molecule has 0 aromatic heterocycles. The van der Waals surface area contributed by atoms with Crippen molar-refractivity contribution >= 4 is 5.97 Å². The predicted octanol–water partition coefficient (Wildman–Crippen LogP) is 0.174. The maximum Gasteiger partial charge on any atom is 0.311 e. The van der Waals surface area contributed by atoms with Crippen molar-refractivity contribution in [2.45, 2.75) is 71.1 Å². The minimum Gasteiger partial charge on any atom is -0.456 e. The van der Waals surface area contributed by atoms with Crippen LogP contribution in [0.4, 0.5) is 0 Å². The number of carbonyl (C=O) groups is 1. The number of ether oxygens (including phenoxy) is 4. The SMILES string of the molecule is CC1(C)O[C@H]2O[C@H]([C@H](O)CO)[C@H](OC(=O)C(C)(C)C)[C@H]2O1. The second-order valence-electron chi connectivity index (χ2n) is 6.94. The zero-order valence-electron chi connectivity index (χ0n) is 13.0. The van der Waals surface area contributed by atoms with Crippen LogP contribution in [0.2, 0.25) is 0 Å². The highest BCUT2D eigenvalue weighted by Gasteiger charge is 2.58. The van der Waals surface area contributed by atoms with E-state index in [2.05, 4.69) is 0 Å². The van der Waals surface area contributed by atoms with E-state index < -0.39 is 54.5 Å². The van der Waals surface area contributed by atoms with E-state index in [1.165, 1.54) is 0 Å². The van der Waals surface area contributed by atoms with Gasteiger partial charge in [0.05, 0.1) is 12.0 Å². The summed E-state index contributed by atoms with van der Waals surface area (Å²) >= 11 is 0. The minimum absolute atomic E-state index is 0.430. The topological polar surface area (TPSA) is 94.5 Å². The van der Waals surface area contributed by atoms with Crippen LogP contribution in [0.1, 0.15) is 34.6 Å². The molecule has 122 valence electrons. The molecule has 0 aromatic carbocycles. The van der Waals surface area contributed by atoms with Crippen molar-refractivity contribution in [1.82, 2.24) is 0 Å². The van der Waals surface area contributed by atoms with E-state index in [-0.39, 0.29) is 0 Å². The lowest BCUT2D eigenvalue weighted by Gasteiger charge is -2.29. The van der Waals surface area contributed by atoms with Gasteiger partial charge in [0.15, 0.2) is 24.3 Å². The molecule has 2 heterocycles. The molecule has 2 aliphatic rings. The minimum atomic E-state index is -1.18. The van der Waals surface area contributed by atoms with Gasteiger partial charge in [0.1, 0.15) is 12.2 Å². The van der Waals surface area contributed by atoms with Crippen molar-refractivity contribution in [3.63, 3.8) is 0 Å². The molecule has 0 aliphatic carbocycles. The Balaban J connectivity index is 2.17. The molecule has 21 heavy (non-hydrogen) atoms. The Labute approximate surface area is 124 Å². The monoisotopic (exact) mass is 304 g/mol. The summed E-state index contributed by atoms with van der Waals surface area (Å²) in [4.78, 5) is 12.1. The molecule has 0 saturated carbocycles. The first-order valence-corrected chi connectivity index (χ1v) is 7.06. The Morgan fingerprint density at radius 1 is 1.33 bits per heavy atom. The highest BCUT2D eigenvalue weighted by Crippen LogP contribution is 2.40. The molecular weight excluding hydrogens is 280 g/mol. The van der Waals surface area contributed by atoms with Gasteiger partial charge < -0.3 is 29.2 Å². The van der Waals surface area contributed by atoms with Gasteiger partial charge in [-0.05, 0) is 34.6 Å². The molecule has 2 rings (SSSR count). The fourth-order valence-corrected chi connectivity index (χ4v) is 2.35. The molecule has 0 amide bonds. The van der Waals surface area contributed by atoms with Crippen LogP contribution in [0.3, 0.4) is 0 Å². The van der Waals surface area contributed by atoms with Crippen LogP contribution >= 0.6 is 0 Å². The van der Waals surface area contributed by atoms with E-state index in [1.807, 2.05) is 0 Å². The summed E-state index contributed by atoms with van der Waals surface area (Å²) in [6.45, 7) is 8.16. The summed E-state index contributed by atoms with van der Waals surface area (Å²) in [5.74, 6) is -1.28. The number of aliphatic hydroxyl groups is 2. The van der Waals surface area contributed by atoms with Crippen LogP contribution in [0.5, 0.6) is 0 Å². The van der Waals surface area contributed by atoms with Crippen molar-refractivity contribution in [3.05, 3.63) is 0 Å². The summed E-state index contributed by atoms with van der Waals surface area (Å²) in [5.41, 5.74) is -0.693. The van der Waals surface area contributed by atoms with Gasteiger partial charge in [0.2, 0.25) is 0 Å². The van der Waals surface area contributed by atoms with Gasteiger partial charge in [0.25, 0.3) is 0 Å². The lowest BCUT2D eigenvalue weighted by Crippen LogP contribution is -2.46. The Bertz CT molecular complexity index is 401. The molecule has 2 saturated heterocycles. The fraction of sp³-hybridized carbons (Fsp3) is 0.929. The normalized spacial score (nSPS) is 36.3. The van der Waals surface area contributed by atoms with Crippen LogP contribution < -0.4 is 0 Å². The van der Waals surface area contributed by atoms with Gasteiger partial charge in [-0.2, -0.15) is 0 Å². The van der Waals surface area contributed by atoms with E-state index in [4.69, 9.17) is 24.1 Å². The van der Waals surface area contributed by atoms with Crippen LogP contribution in [-0.4, -0.2) is 59.3 Å². The summed E-state index contributed by atoms with van der Waals surface area (Å²) in [7, 11) is 0. The van der Waals surface area contributed by atoms with Gasteiger partial charge in [-0.15, -0.1) is 0 Å². The maximum absolute atomic E-state index is 12.1. The number of esters is 1. The first-order valence-electron chi connectivity index (χ1n) is 7.06.